The van der Waals surface area contributed by atoms with Crippen molar-refractivity contribution in [2.24, 2.45) is 23.7 Å². The molecule has 4 saturated carbocycles. The number of rotatable bonds is 5. The first kappa shape index (κ1) is 14.9. The summed E-state index contributed by atoms with van der Waals surface area (Å²) in [4.78, 5) is 23.7. The Morgan fingerprint density at radius 3 is 2.38 bits per heavy atom. The molecule has 4 rings (SSSR count). The number of esters is 1. The van der Waals surface area contributed by atoms with E-state index < -0.39 is 11.2 Å². The van der Waals surface area contributed by atoms with Gasteiger partial charge in [0, 0.05) is 0 Å². The van der Waals surface area contributed by atoms with Crippen molar-refractivity contribution in [2.75, 3.05) is 0 Å². The minimum Gasteiger partial charge on any atom is -0.459 e. The van der Waals surface area contributed by atoms with Crippen molar-refractivity contribution >= 4 is 12.4 Å². The van der Waals surface area contributed by atoms with E-state index in [4.69, 9.17) is 9.47 Å². The first-order valence-corrected chi connectivity index (χ1v) is 8.17. The van der Waals surface area contributed by atoms with Crippen molar-refractivity contribution in [3.05, 3.63) is 0 Å². The zero-order valence-electron chi connectivity index (χ0n) is 13.2. The molecule has 0 aromatic carbocycles. The summed E-state index contributed by atoms with van der Waals surface area (Å²) >= 11 is 0. The summed E-state index contributed by atoms with van der Waals surface area (Å²) in [5, 5.41) is 0. The lowest BCUT2D eigenvalue weighted by Crippen LogP contribution is -2.61. The van der Waals surface area contributed by atoms with Gasteiger partial charge < -0.3 is 9.47 Å². The summed E-state index contributed by atoms with van der Waals surface area (Å²) in [5.41, 5.74) is -1.10. The average molecular weight is 293 g/mol. The van der Waals surface area contributed by atoms with Crippen LogP contribution in [0.3, 0.4) is 0 Å². The minimum absolute atomic E-state index is 0.180. The molecular weight excluding hydrogens is 268 g/mol. The van der Waals surface area contributed by atoms with E-state index >= 15 is 0 Å². The van der Waals surface area contributed by atoms with Crippen molar-refractivity contribution in [3.8, 4) is 0 Å². The van der Waals surface area contributed by atoms with E-state index in [2.05, 4.69) is 0 Å². The Morgan fingerprint density at radius 2 is 1.86 bits per heavy atom. The summed E-state index contributed by atoms with van der Waals surface area (Å²) in [6.45, 7) is 7.50. The van der Waals surface area contributed by atoms with E-state index in [0.717, 1.165) is 32.1 Å². The predicted octanol–water partition coefficient (Wildman–Crippen LogP) is 3.00. The fourth-order valence-electron chi connectivity index (χ4n) is 5.01. The minimum atomic E-state index is -0.641. The topological polar surface area (TPSA) is 52.6 Å². The van der Waals surface area contributed by atoms with Crippen LogP contribution in [0.2, 0.25) is 0 Å². The van der Waals surface area contributed by atoms with Gasteiger partial charge in [0.05, 0.1) is 5.92 Å². The molecule has 3 unspecified atom stereocenters. The van der Waals surface area contributed by atoms with Gasteiger partial charge in [-0.05, 0) is 70.1 Å². The molecule has 0 amide bonds. The molecule has 0 N–H and O–H groups in total. The van der Waals surface area contributed by atoms with E-state index in [1.54, 1.807) is 6.47 Å². The normalized spacial score (nSPS) is 40.9. The molecule has 117 valence electrons. The molecule has 3 atom stereocenters. The second kappa shape index (κ2) is 4.99. The van der Waals surface area contributed by atoms with Crippen molar-refractivity contribution in [2.45, 2.75) is 70.5 Å². The monoisotopic (exact) mass is 293 g/mol. The largest absolute Gasteiger partial charge is 0.459 e. The number of hydrogen-bond acceptors (Lipinski definition) is 4. The summed E-state index contributed by atoms with van der Waals surface area (Å²) in [6.07, 6.45) is 5.76. The molecule has 4 fully saturated rings. The van der Waals surface area contributed by atoms with Crippen LogP contribution in [0.25, 0.3) is 0 Å². The summed E-state index contributed by atoms with van der Waals surface area (Å²) in [5.74, 6) is 1.03. The highest BCUT2D eigenvalue weighted by Crippen LogP contribution is 2.60. The summed E-state index contributed by atoms with van der Waals surface area (Å²) < 4.78 is 11.2. The fourth-order valence-corrected chi connectivity index (χ4v) is 5.01. The van der Waals surface area contributed by atoms with Gasteiger partial charge in [-0.1, -0.05) is 6.92 Å². The Labute approximate surface area is 126 Å². The molecule has 4 heteroatoms. The second-order valence-corrected chi connectivity index (χ2v) is 7.87. The van der Waals surface area contributed by atoms with Crippen molar-refractivity contribution in [3.63, 3.8) is 0 Å². The Kier molecular flexibility index (Phi) is 3.53. The Bertz CT molecular complexity index is 428. The second-order valence-electron chi connectivity index (χ2n) is 7.87. The predicted molar refractivity (Wildman–Crippen MR) is 77.0 cm³/mol. The van der Waals surface area contributed by atoms with E-state index in [-0.39, 0.29) is 11.9 Å². The number of carbonyl (C=O) groups is 1. The van der Waals surface area contributed by atoms with Crippen LogP contribution in [0.4, 0.5) is 0 Å². The van der Waals surface area contributed by atoms with Crippen LogP contribution in [0.5, 0.6) is 0 Å². The molecule has 0 saturated heterocycles. The van der Waals surface area contributed by atoms with E-state index in [1.807, 2.05) is 20.8 Å². The van der Waals surface area contributed by atoms with Gasteiger partial charge in [0.2, 0.25) is 0 Å². The van der Waals surface area contributed by atoms with Gasteiger partial charge >= 0.3 is 12.4 Å². The molecule has 0 aromatic heterocycles. The van der Waals surface area contributed by atoms with E-state index in [1.165, 1.54) is 6.42 Å². The summed E-state index contributed by atoms with van der Waals surface area (Å²) in [7, 11) is 0. The summed E-state index contributed by atoms with van der Waals surface area (Å²) in [6, 6.07) is 0. The lowest BCUT2D eigenvalue weighted by Gasteiger charge is -2.58. The number of hydrogen-bond donors (Lipinski definition) is 0. The molecule has 1 radical (unpaired) electrons. The van der Waals surface area contributed by atoms with Gasteiger partial charge in [0.15, 0.2) is 0 Å². The first-order valence-electron chi connectivity index (χ1n) is 8.17. The highest BCUT2D eigenvalue weighted by molar-refractivity contribution is 5.75. The SMILES string of the molecule is CCC(C)(C)OC(=O)C1C2CC3CC(C2)CC1(O[C]=O)C3. The molecule has 4 aliphatic rings. The molecule has 0 spiro atoms. The van der Waals surface area contributed by atoms with Gasteiger partial charge in [0.1, 0.15) is 11.2 Å². The number of carbonyl (C=O) groups excluding carboxylic acids is 2. The van der Waals surface area contributed by atoms with Crippen LogP contribution < -0.4 is 0 Å². The maximum absolute atomic E-state index is 12.8. The number of ether oxygens (including phenoxy) is 2. The standard InChI is InChI=1S/C17H25O4/c1-4-16(2,3)21-15(19)14-13-6-11-5-12(7-13)9-17(14,8-11)20-10-18/h11-14H,4-9H2,1-3H3. The van der Waals surface area contributed by atoms with E-state index in [9.17, 15) is 9.59 Å². The maximum atomic E-state index is 12.8. The molecule has 0 aliphatic heterocycles. The molecule has 21 heavy (non-hydrogen) atoms. The van der Waals surface area contributed by atoms with Crippen LogP contribution in [0, 0.1) is 23.7 Å². The quantitative estimate of drug-likeness (QED) is 0.731. The zero-order valence-corrected chi connectivity index (χ0v) is 13.2. The molecule has 0 aromatic rings. The van der Waals surface area contributed by atoms with Gasteiger partial charge in [0.25, 0.3) is 0 Å². The molecule has 4 bridgehead atoms. The van der Waals surface area contributed by atoms with Crippen molar-refractivity contribution < 1.29 is 19.1 Å². The van der Waals surface area contributed by atoms with Gasteiger partial charge in [-0.15, -0.1) is 0 Å². The molecular formula is C17H25O4. The third-order valence-electron chi connectivity index (χ3n) is 5.97. The Balaban J connectivity index is 1.85. The van der Waals surface area contributed by atoms with Gasteiger partial charge in [-0.25, -0.2) is 4.79 Å². The van der Waals surface area contributed by atoms with Crippen LogP contribution in [-0.4, -0.2) is 23.6 Å². The molecule has 4 nitrogen and oxygen atoms in total. The highest BCUT2D eigenvalue weighted by atomic mass is 16.6. The zero-order chi connectivity index (χ0) is 15.3. The average Bonchev–Trinajstić information content (AvgIpc) is 2.36. The third-order valence-corrected chi connectivity index (χ3v) is 5.97. The van der Waals surface area contributed by atoms with Crippen LogP contribution >= 0.6 is 0 Å². The smallest absolute Gasteiger partial charge is 0.418 e. The highest BCUT2D eigenvalue weighted by Gasteiger charge is 2.62. The lowest BCUT2D eigenvalue weighted by atomic mass is 9.49. The first-order chi connectivity index (χ1) is 9.89. The van der Waals surface area contributed by atoms with E-state index in [0.29, 0.717) is 17.8 Å². The third kappa shape index (κ3) is 2.47. The van der Waals surface area contributed by atoms with Crippen molar-refractivity contribution in [1.82, 2.24) is 0 Å². The maximum Gasteiger partial charge on any atom is 0.418 e. The van der Waals surface area contributed by atoms with Crippen LogP contribution in [0.1, 0.15) is 59.3 Å². The molecule has 4 aliphatic carbocycles. The Morgan fingerprint density at radius 1 is 1.24 bits per heavy atom. The molecule has 0 heterocycles. The Hall–Kier alpha value is -1.06. The lowest BCUT2D eigenvalue weighted by molar-refractivity contribution is -0.202. The van der Waals surface area contributed by atoms with Crippen molar-refractivity contribution in [1.29, 1.82) is 0 Å². The fraction of sp³-hybridized carbons (Fsp3) is 0.882. The van der Waals surface area contributed by atoms with Crippen LogP contribution in [0.15, 0.2) is 0 Å². The van der Waals surface area contributed by atoms with Gasteiger partial charge in [-0.3, -0.25) is 4.79 Å². The van der Waals surface area contributed by atoms with Gasteiger partial charge in [-0.2, -0.15) is 0 Å². The van der Waals surface area contributed by atoms with Crippen LogP contribution in [-0.2, 0) is 19.1 Å².